The second-order valence-electron chi connectivity index (χ2n) is 7.25. The van der Waals surface area contributed by atoms with Gasteiger partial charge in [0, 0.05) is 45.0 Å². The molecular weight excluding hydrogens is 300 g/mol. The fraction of sp³-hybridized carbons (Fsp3) is 0.667. The topological polar surface area (TPSA) is 50.9 Å². The SMILES string of the molecule is Cc1cc(C)n(C[C@H](C)NCc2c(C(C)C)nn(C)c2N(C)C)n1. The van der Waals surface area contributed by atoms with E-state index in [1.807, 2.05) is 18.7 Å². The van der Waals surface area contributed by atoms with Crippen molar-refractivity contribution < 1.29 is 0 Å². The first-order valence-corrected chi connectivity index (χ1v) is 8.68. The molecule has 1 N–H and O–H groups in total. The molecule has 6 heteroatoms. The van der Waals surface area contributed by atoms with Gasteiger partial charge in [0.05, 0.1) is 17.9 Å². The standard InChI is InChI=1S/C18H32N6/c1-12(2)17-16(18(22(6)7)23(8)21-17)10-19-14(4)11-24-15(5)9-13(3)20-24/h9,12,14,19H,10-11H2,1-8H3/t14-/m0/s1. The van der Waals surface area contributed by atoms with Crippen molar-refractivity contribution in [2.24, 2.45) is 7.05 Å². The molecule has 0 aliphatic heterocycles. The highest BCUT2D eigenvalue weighted by Crippen LogP contribution is 2.27. The van der Waals surface area contributed by atoms with Gasteiger partial charge in [-0.15, -0.1) is 0 Å². The summed E-state index contributed by atoms with van der Waals surface area (Å²) in [4.78, 5) is 2.14. The Labute approximate surface area is 145 Å². The smallest absolute Gasteiger partial charge is 0.130 e. The first kappa shape index (κ1) is 18.5. The van der Waals surface area contributed by atoms with E-state index in [1.54, 1.807) is 0 Å². The van der Waals surface area contributed by atoms with Crippen molar-refractivity contribution in [2.45, 2.75) is 59.7 Å². The van der Waals surface area contributed by atoms with Crippen LogP contribution in [0.15, 0.2) is 6.07 Å². The van der Waals surface area contributed by atoms with Gasteiger partial charge in [0.25, 0.3) is 0 Å². The van der Waals surface area contributed by atoms with E-state index >= 15 is 0 Å². The highest BCUT2D eigenvalue weighted by atomic mass is 15.4. The Morgan fingerprint density at radius 2 is 1.83 bits per heavy atom. The van der Waals surface area contributed by atoms with E-state index in [2.05, 4.69) is 67.9 Å². The van der Waals surface area contributed by atoms with E-state index in [4.69, 9.17) is 5.10 Å². The van der Waals surface area contributed by atoms with Crippen LogP contribution in [0.5, 0.6) is 0 Å². The summed E-state index contributed by atoms with van der Waals surface area (Å²) in [6.07, 6.45) is 0. The third-order valence-corrected chi connectivity index (χ3v) is 4.29. The molecule has 0 aliphatic carbocycles. The maximum absolute atomic E-state index is 4.73. The highest BCUT2D eigenvalue weighted by Gasteiger charge is 2.20. The first-order valence-electron chi connectivity index (χ1n) is 8.68. The predicted octanol–water partition coefficient (Wildman–Crippen LogP) is 2.60. The number of rotatable bonds is 7. The van der Waals surface area contributed by atoms with Crippen molar-refractivity contribution in [3.05, 3.63) is 28.7 Å². The summed E-state index contributed by atoms with van der Waals surface area (Å²) in [6, 6.07) is 2.45. The molecule has 134 valence electrons. The average molecular weight is 332 g/mol. The van der Waals surface area contributed by atoms with Gasteiger partial charge in [-0.2, -0.15) is 10.2 Å². The van der Waals surface area contributed by atoms with E-state index in [9.17, 15) is 0 Å². The Bertz CT molecular complexity index is 680. The van der Waals surface area contributed by atoms with E-state index < -0.39 is 0 Å². The van der Waals surface area contributed by atoms with Crippen LogP contribution in [-0.4, -0.2) is 39.7 Å². The monoisotopic (exact) mass is 332 g/mol. The van der Waals surface area contributed by atoms with Crippen molar-refractivity contribution in [2.75, 3.05) is 19.0 Å². The lowest BCUT2D eigenvalue weighted by Crippen LogP contribution is -2.31. The normalized spacial score (nSPS) is 12.9. The Morgan fingerprint density at radius 1 is 1.17 bits per heavy atom. The minimum Gasteiger partial charge on any atom is -0.363 e. The van der Waals surface area contributed by atoms with E-state index in [0.29, 0.717) is 12.0 Å². The Hall–Kier alpha value is -1.82. The van der Waals surface area contributed by atoms with Gasteiger partial charge in [0.2, 0.25) is 0 Å². The van der Waals surface area contributed by atoms with Crippen LogP contribution in [0.3, 0.4) is 0 Å². The van der Waals surface area contributed by atoms with Crippen molar-refractivity contribution in [1.29, 1.82) is 0 Å². The molecule has 0 saturated carbocycles. The lowest BCUT2D eigenvalue weighted by atomic mass is 10.1. The Morgan fingerprint density at radius 3 is 2.33 bits per heavy atom. The number of hydrogen-bond acceptors (Lipinski definition) is 4. The van der Waals surface area contributed by atoms with Gasteiger partial charge < -0.3 is 10.2 Å². The molecule has 0 aliphatic rings. The molecule has 2 rings (SSSR count). The molecule has 0 fully saturated rings. The lowest BCUT2D eigenvalue weighted by Gasteiger charge is -2.19. The zero-order valence-electron chi connectivity index (χ0n) is 16.4. The van der Waals surface area contributed by atoms with E-state index in [-0.39, 0.29) is 0 Å². The minimum atomic E-state index is 0.332. The van der Waals surface area contributed by atoms with E-state index in [1.165, 1.54) is 22.8 Å². The lowest BCUT2D eigenvalue weighted by molar-refractivity contribution is 0.443. The molecule has 0 saturated heterocycles. The number of anilines is 1. The molecule has 2 aromatic heterocycles. The van der Waals surface area contributed by atoms with Gasteiger partial charge >= 0.3 is 0 Å². The summed E-state index contributed by atoms with van der Waals surface area (Å²) in [7, 11) is 6.16. The fourth-order valence-electron chi connectivity index (χ4n) is 3.23. The van der Waals surface area contributed by atoms with Crippen molar-refractivity contribution >= 4 is 5.82 Å². The second-order valence-corrected chi connectivity index (χ2v) is 7.25. The molecular formula is C18H32N6. The molecule has 0 spiro atoms. The van der Waals surface area contributed by atoms with Crippen molar-refractivity contribution in [3.63, 3.8) is 0 Å². The molecule has 1 atom stereocenters. The van der Waals surface area contributed by atoms with Crippen molar-refractivity contribution in [3.8, 4) is 0 Å². The second kappa shape index (κ2) is 7.38. The number of nitrogens with zero attached hydrogens (tertiary/aromatic N) is 5. The average Bonchev–Trinajstić information content (AvgIpc) is 2.96. The van der Waals surface area contributed by atoms with Gasteiger partial charge in [-0.1, -0.05) is 13.8 Å². The summed E-state index contributed by atoms with van der Waals surface area (Å²) in [5.41, 5.74) is 4.74. The molecule has 0 amide bonds. The highest BCUT2D eigenvalue weighted by molar-refractivity contribution is 5.50. The van der Waals surface area contributed by atoms with Crippen LogP contribution in [0, 0.1) is 13.8 Å². The van der Waals surface area contributed by atoms with Crippen LogP contribution in [0.2, 0.25) is 0 Å². The Kier molecular flexibility index (Phi) is 5.70. The van der Waals surface area contributed by atoms with E-state index in [0.717, 1.165) is 18.8 Å². The van der Waals surface area contributed by atoms with Crippen LogP contribution in [0.1, 0.15) is 49.3 Å². The molecule has 0 unspecified atom stereocenters. The van der Waals surface area contributed by atoms with Crippen LogP contribution < -0.4 is 10.2 Å². The van der Waals surface area contributed by atoms with Gasteiger partial charge in [-0.05, 0) is 32.8 Å². The molecule has 2 aromatic rings. The summed E-state index contributed by atoms with van der Waals surface area (Å²) >= 11 is 0. The predicted molar refractivity (Wildman–Crippen MR) is 99.6 cm³/mol. The van der Waals surface area contributed by atoms with Crippen LogP contribution in [-0.2, 0) is 20.1 Å². The van der Waals surface area contributed by atoms with Crippen molar-refractivity contribution in [1.82, 2.24) is 24.9 Å². The molecule has 0 bridgehead atoms. The third-order valence-electron chi connectivity index (χ3n) is 4.29. The number of hydrogen-bond donors (Lipinski definition) is 1. The van der Waals surface area contributed by atoms with Gasteiger partial charge in [-0.3, -0.25) is 9.36 Å². The number of aryl methyl sites for hydroxylation is 3. The zero-order chi connectivity index (χ0) is 18.0. The fourth-order valence-corrected chi connectivity index (χ4v) is 3.23. The van der Waals surface area contributed by atoms with Crippen LogP contribution in [0.25, 0.3) is 0 Å². The molecule has 0 aromatic carbocycles. The Balaban J connectivity index is 2.12. The summed E-state index contributed by atoms with van der Waals surface area (Å²) in [6.45, 7) is 12.4. The minimum absolute atomic E-state index is 0.332. The first-order chi connectivity index (χ1) is 11.2. The molecule has 6 nitrogen and oxygen atoms in total. The number of nitrogens with one attached hydrogen (secondary N) is 1. The maximum atomic E-state index is 4.73. The zero-order valence-corrected chi connectivity index (χ0v) is 16.4. The van der Waals surface area contributed by atoms with Gasteiger partial charge in [0.15, 0.2) is 0 Å². The van der Waals surface area contributed by atoms with Crippen LogP contribution >= 0.6 is 0 Å². The molecule has 2 heterocycles. The quantitative estimate of drug-likeness (QED) is 0.847. The van der Waals surface area contributed by atoms with Gasteiger partial charge in [0.1, 0.15) is 5.82 Å². The molecule has 24 heavy (non-hydrogen) atoms. The van der Waals surface area contributed by atoms with Gasteiger partial charge in [-0.25, -0.2) is 0 Å². The number of aromatic nitrogens is 4. The third kappa shape index (κ3) is 3.98. The summed E-state index contributed by atoms with van der Waals surface area (Å²) in [5.74, 6) is 1.58. The van der Waals surface area contributed by atoms with Crippen LogP contribution in [0.4, 0.5) is 5.82 Å². The summed E-state index contributed by atoms with van der Waals surface area (Å²) in [5, 5.41) is 12.9. The maximum Gasteiger partial charge on any atom is 0.130 e. The summed E-state index contributed by atoms with van der Waals surface area (Å²) < 4.78 is 4.06. The molecule has 0 radical (unpaired) electrons. The largest absolute Gasteiger partial charge is 0.363 e.